The van der Waals surface area contributed by atoms with Crippen LogP contribution in [0.5, 0.6) is 0 Å². The maximum absolute atomic E-state index is 13.4. The van der Waals surface area contributed by atoms with E-state index < -0.39 is 0 Å². The van der Waals surface area contributed by atoms with Gasteiger partial charge in [0.15, 0.2) is 0 Å². The van der Waals surface area contributed by atoms with Crippen molar-refractivity contribution in [2.24, 2.45) is 5.41 Å². The van der Waals surface area contributed by atoms with Gasteiger partial charge in [-0.15, -0.1) is 0 Å². The summed E-state index contributed by atoms with van der Waals surface area (Å²) < 4.78 is 13.0. The minimum absolute atomic E-state index is 0.0646. The van der Waals surface area contributed by atoms with Gasteiger partial charge in [0.2, 0.25) is 0 Å². The second-order valence-electron chi connectivity index (χ2n) is 8.05. The number of amides is 1. The molecule has 1 aromatic rings. The lowest BCUT2D eigenvalue weighted by molar-refractivity contribution is -0.00722. The van der Waals surface area contributed by atoms with Gasteiger partial charge in [0.1, 0.15) is 5.69 Å². The van der Waals surface area contributed by atoms with Gasteiger partial charge in [0, 0.05) is 32.2 Å². The molecule has 1 aliphatic carbocycles. The van der Waals surface area contributed by atoms with Crippen molar-refractivity contribution in [1.82, 2.24) is 14.7 Å². The molecule has 1 amide bonds. The van der Waals surface area contributed by atoms with Crippen LogP contribution in [0, 0.1) is 5.41 Å². The number of likely N-dealkylation sites (tertiary alicyclic amines) is 1. The first-order chi connectivity index (χ1) is 12.0. The highest BCUT2D eigenvalue weighted by atomic mass is 16.5. The summed E-state index contributed by atoms with van der Waals surface area (Å²) >= 11 is 0. The van der Waals surface area contributed by atoms with Crippen LogP contribution in [0.4, 0.5) is 0 Å². The Hall–Kier alpha value is -1.40. The van der Waals surface area contributed by atoms with Crippen molar-refractivity contribution in [3.63, 3.8) is 0 Å². The van der Waals surface area contributed by atoms with Crippen LogP contribution in [-0.2, 0) is 22.4 Å². The van der Waals surface area contributed by atoms with Gasteiger partial charge in [0.05, 0.1) is 31.1 Å². The first kappa shape index (κ1) is 17.0. The molecule has 1 saturated carbocycles. The van der Waals surface area contributed by atoms with Crippen molar-refractivity contribution in [2.45, 2.75) is 64.7 Å². The first-order valence-electron chi connectivity index (χ1n) is 9.56. The Balaban J connectivity index is 1.67. The van der Waals surface area contributed by atoms with Crippen LogP contribution in [0.3, 0.4) is 0 Å². The van der Waals surface area contributed by atoms with Crippen molar-refractivity contribution >= 4 is 5.91 Å². The van der Waals surface area contributed by atoms with Crippen LogP contribution in [0.1, 0.15) is 67.4 Å². The molecule has 0 bridgehead atoms. The molecule has 1 spiro atoms. The first-order valence-corrected chi connectivity index (χ1v) is 9.56. The lowest BCUT2D eigenvalue weighted by Crippen LogP contribution is -2.42. The number of piperidine rings is 1. The largest absolute Gasteiger partial charge is 0.383 e. The average Bonchev–Trinajstić information content (AvgIpc) is 3.22. The molecule has 2 atom stereocenters. The smallest absolute Gasteiger partial charge is 0.272 e. The fraction of sp³-hybridized carbons (Fsp3) is 0.789. The molecule has 2 fully saturated rings. The molecule has 25 heavy (non-hydrogen) atoms. The van der Waals surface area contributed by atoms with E-state index in [0.717, 1.165) is 42.9 Å². The molecule has 0 aromatic carbocycles. The van der Waals surface area contributed by atoms with Gasteiger partial charge in [-0.25, -0.2) is 0 Å². The number of nitrogens with zero attached hydrogens (tertiary/aromatic N) is 3. The number of methoxy groups -OCH3 is 1. The lowest BCUT2D eigenvalue weighted by Gasteiger charge is -2.33. The predicted octanol–water partition coefficient (Wildman–Crippen LogP) is 2.57. The molecule has 138 valence electrons. The minimum Gasteiger partial charge on any atom is -0.383 e. The Morgan fingerprint density at radius 2 is 2.16 bits per heavy atom. The quantitative estimate of drug-likeness (QED) is 0.840. The third-order valence-corrected chi connectivity index (χ3v) is 6.01. The highest BCUT2D eigenvalue weighted by molar-refractivity contribution is 5.94. The number of hydrogen-bond acceptors (Lipinski definition) is 4. The number of carbonyl (C=O) groups is 1. The molecule has 3 heterocycles. The van der Waals surface area contributed by atoms with Crippen LogP contribution < -0.4 is 0 Å². The van der Waals surface area contributed by atoms with Crippen LogP contribution in [0.2, 0.25) is 0 Å². The second-order valence-corrected chi connectivity index (χ2v) is 8.05. The summed E-state index contributed by atoms with van der Waals surface area (Å²) in [5, 5.41) is 4.74. The van der Waals surface area contributed by atoms with Crippen molar-refractivity contribution in [1.29, 1.82) is 0 Å². The Morgan fingerprint density at radius 3 is 2.88 bits per heavy atom. The number of hydrogen-bond donors (Lipinski definition) is 0. The van der Waals surface area contributed by atoms with E-state index in [0.29, 0.717) is 18.6 Å². The van der Waals surface area contributed by atoms with E-state index in [1.807, 2.05) is 11.6 Å². The highest BCUT2D eigenvalue weighted by Gasteiger charge is 2.47. The SMILES string of the molecule is COCCn1nc2c(c1C(=O)N1CCCC3(CC3)C1)C[C@H](C)O[C@@H]2C. The van der Waals surface area contributed by atoms with Crippen LogP contribution in [-0.4, -0.2) is 53.5 Å². The average molecular weight is 347 g/mol. The molecule has 0 N–H and O–H groups in total. The van der Waals surface area contributed by atoms with Crippen LogP contribution in [0.25, 0.3) is 0 Å². The number of carbonyl (C=O) groups excluding carboxylic acids is 1. The summed E-state index contributed by atoms with van der Waals surface area (Å²) in [6, 6.07) is 0. The zero-order valence-electron chi connectivity index (χ0n) is 15.6. The van der Waals surface area contributed by atoms with Gasteiger partial charge < -0.3 is 14.4 Å². The maximum Gasteiger partial charge on any atom is 0.272 e. The van der Waals surface area contributed by atoms with Crippen molar-refractivity contribution in [3.05, 3.63) is 17.0 Å². The lowest BCUT2D eigenvalue weighted by atomic mass is 9.94. The zero-order valence-corrected chi connectivity index (χ0v) is 15.6. The fourth-order valence-corrected chi connectivity index (χ4v) is 4.49. The number of ether oxygens (including phenoxy) is 2. The standard InChI is InChI=1S/C19H29N3O3/c1-13-11-15-16(14(2)25-13)20-22(9-10-24-3)17(15)18(23)21-8-4-5-19(12-21)6-7-19/h13-14H,4-12H2,1-3H3/t13-,14+/m0/s1. The van der Waals surface area contributed by atoms with Gasteiger partial charge in [-0.3, -0.25) is 9.48 Å². The molecule has 1 aromatic heterocycles. The van der Waals surface area contributed by atoms with Crippen molar-refractivity contribution in [3.8, 4) is 0 Å². The Kier molecular flexibility index (Phi) is 4.36. The van der Waals surface area contributed by atoms with Crippen LogP contribution in [0.15, 0.2) is 0 Å². The van der Waals surface area contributed by atoms with Gasteiger partial charge in [0.25, 0.3) is 5.91 Å². The Morgan fingerprint density at radius 1 is 1.36 bits per heavy atom. The number of fused-ring (bicyclic) bond motifs is 1. The Labute approximate surface area is 149 Å². The minimum atomic E-state index is -0.0646. The molecule has 4 rings (SSSR count). The molecule has 3 aliphatic rings. The van der Waals surface area contributed by atoms with Crippen molar-refractivity contribution in [2.75, 3.05) is 26.8 Å². The molecule has 2 aliphatic heterocycles. The van der Waals surface area contributed by atoms with E-state index >= 15 is 0 Å². The van der Waals surface area contributed by atoms with E-state index in [1.54, 1.807) is 7.11 Å². The monoisotopic (exact) mass is 347 g/mol. The summed E-state index contributed by atoms with van der Waals surface area (Å²) in [5.41, 5.74) is 3.21. The summed E-state index contributed by atoms with van der Waals surface area (Å²) in [6.45, 7) is 7.03. The van der Waals surface area contributed by atoms with Gasteiger partial charge in [-0.05, 0) is 44.9 Å². The normalized spacial score (nSPS) is 27.4. The zero-order chi connectivity index (χ0) is 17.6. The number of aromatic nitrogens is 2. The Bertz CT molecular complexity index is 665. The molecular weight excluding hydrogens is 318 g/mol. The molecular formula is C19H29N3O3. The maximum atomic E-state index is 13.4. The van der Waals surface area contributed by atoms with Crippen LogP contribution >= 0.6 is 0 Å². The third kappa shape index (κ3) is 3.10. The third-order valence-electron chi connectivity index (χ3n) is 6.01. The predicted molar refractivity (Wildman–Crippen MR) is 93.6 cm³/mol. The summed E-state index contributed by atoms with van der Waals surface area (Å²) in [7, 11) is 1.68. The molecule has 6 heteroatoms. The fourth-order valence-electron chi connectivity index (χ4n) is 4.49. The molecule has 0 radical (unpaired) electrons. The van der Waals surface area contributed by atoms with Gasteiger partial charge in [-0.2, -0.15) is 5.10 Å². The van der Waals surface area contributed by atoms with E-state index in [9.17, 15) is 4.79 Å². The summed E-state index contributed by atoms with van der Waals surface area (Å²) in [6.07, 6.45) is 5.76. The highest BCUT2D eigenvalue weighted by Crippen LogP contribution is 2.52. The summed E-state index contributed by atoms with van der Waals surface area (Å²) in [4.78, 5) is 15.5. The van der Waals surface area contributed by atoms with E-state index in [-0.39, 0.29) is 18.1 Å². The van der Waals surface area contributed by atoms with E-state index in [1.165, 1.54) is 19.3 Å². The topological polar surface area (TPSA) is 56.6 Å². The molecule has 0 unspecified atom stereocenters. The van der Waals surface area contributed by atoms with Gasteiger partial charge >= 0.3 is 0 Å². The van der Waals surface area contributed by atoms with Crippen molar-refractivity contribution < 1.29 is 14.3 Å². The van der Waals surface area contributed by atoms with Gasteiger partial charge in [-0.1, -0.05) is 0 Å². The van der Waals surface area contributed by atoms with E-state index in [2.05, 4.69) is 11.8 Å². The molecule has 6 nitrogen and oxygen atoms in total. The van der Waals surface area contributed by atoms with E-state index in [4.69, 9.17) is 14.6 Å². The molecule has 1 saturated heterocycles. The summed E-state index contributed by atoms with van der Waals surface area (Å²) in [5.74, 6) is 0.150. The number of rotatable bonds is 4. The second kappa shape index (κ2) is 6.40.